The molecule has 0 bridgehead atoms. The second-order valence-corrected chi connectivity index (χ2v) is 7.82. The zero-order valence-electron chi connectivity index (χ0n) is 19.0. The third-order valence-electron chi connectivity index (χ3n) is 5.61. The maximum absolute atomic E-state index is 10.9. The van der Waals surface area contributed by atoms with Crippen LogP contribution in [0.25, 0.3) is 27.7 Å². The predicted octanol–water partition coefficient (Wildman–Crippen LogP) is 4.53. The number of H-pyrrole nitrogens is 1. The fourth-order valence-electron chi connectivity index (χ4n) is 3.92. The molecule has 0 unspecified atom stereocenters. The first kappa shape index (κ1) is 23.0. The summed E-state index contributed by atoms with van der Waals surface area (Å²) in [6, 6.07) is 11.9. The number of carbonyl (C=O) groups is 1. The molecule has 1 aliphatic rings. The molecule has 7 nitrogen and oxygen atoms in total. The van der Waals surface area contributed by atoms with Gasteiger partial charge in [-0.25, -0.2) is 4.98 Å². The maximum atomic E-state index is 10.9. The van der Waals surface area contributed by atoms with Crippen molar-refractivity contribution in [3.63, 3.8) is 0 Å². The SMILES string of the molecule is CN\C=C/C=C(\C=C\C=O)c1cc2c(-c3ccc(OC4CCOCC4)c(C#N)c3)ccnc2[nH]1. The highest BCUT2D eigenvalue weighted by atomic mass is 16.5. The van der Waals surface area contributed by atoms with E-state index < -0.39 is 0 Å². The van der Waals surface area contributed by atoms with Crippen LogP contribution in [0.3, 0.4) is 0 Å². The van der Waals surface area contributed by atoms with Gasteiger partial charge in [0.05, 0.1) is 18.8 Å². The number of carbonyl (C=O) groups excluding carboxylic acids is 1. The van der Waals surface area contributed by atoms with Crippen molar-refractivity contribution in [3.8, 4) is 22.9 Å². The van der Waals surface area contributed by atoms with E-state index in [1.807, 2.05) is 49.5 Å². The number of allylic oxidation sites excluding steroid dienone is 5. The van der Waals surface area contributed by atoms with Crippen molar-refractivity contribution in [2.45, 2.75) is 18.9 Å². The standard InChI is InChI=1S/C27H26N4O3/c1-29-11-2-4-19(5-3-13-32)25-17-24-23(8-12-30-27(24)31-25)20-6-7-26(21(16-20)18-28)34-22-9-14-33-15-10-22/h2-8,11-13,16-17,22,29H,9-10,14-15H2,1H3,(H,30,31)/b5-3+,11-2-,19-4+. The molecule has 7 heteroatoms. The van der Waals surface area contributed by atoms with Gasteiger partial charge < -0.3 is 19.8 Å². The van der Waals surface area contributed by atoms with Gasteiger partial charge >= 0.3 is 0 Å². The Bertz CT molecular complexity index is 1290. The molecule has 1 aliphatic heterocycles. The van der Waals surface area contributed by atoms with Gasteiger partial charge in [0.15, 0.2) is 0 Å². The Kier molecular flexibility index (Phi) is 7.53. The molecular weight excluding hydrogens is 428 g/mol. The minimum atomic E-state index is 0.0631. The van der Waals surface area contributed by atoms with E-state index in [1.165, 1.54) is 6.08 Å². The van der Waals surface area contributed by atoms with Gasteiger partial charge in [-0.3, -0.25) is 4.79 Å². The lowest BCUT2D eigenvalue weighted by Crippen LogP contribution is -2.26. The third kappa shape index (κ3) is 5.25. The number of hydrogen-bond donors (Lipinski definition) is 2. The monoisotopic (exact) mass is 454 g/mol. The minimum absolute atomic E-state index is 0.0631. The van der Waals surface area contributed by atoms with Crippen LogP contribution in [0.2, 0.25) is 0 Å². The zero-order chi connectivity index (χ0) is 23.8. The van der Waals surface area contributed by atoms with Crippen LogP contribution in [-0.2, 0) is 9.53 Å². The maximum Gasteiger partial charge on any atom is 0.142 e. The number of fused-ring (bicyclic) bond motifs is 1. The molecule has 4 rings (SSSR count). The largest absolute Gasteiger partial charge is 0.489 e. The lowest BCUT2D eigenvalue weighted by molar-refractivity contribution is -0.104. The van der Waals surface area contributed by atoms with Crippen LogP contribution in [0.5, 0.6) is 5.75 Å². The fourth-order valence-corrected chi connectivity index (χ4v) is 3.92. The van der Waals surface area contributed by atoms with Crippen molar-refractivity contribution in [2.75, 3.05) is 20.3 Å². The number of rotatable bonds is 8. The van der Waals surface area contributed by atoms with Gasteiger partial charge in [-0.1, -0.05) is 12.1 Å². The number of ether oxygens (including phenoxy) is 2. The van der Waals surface area contributed by atoms with Crippen LogP contribution in [0.1, 0.15) is 24.1 Å². The van der Waals surface area contributed by atoms with E-state index in [-0.39, 0.29) is 6.10 Å². The van der Waals surface area contributed by atoms with Gasteiger partial charge in [0.2, 0.25) is 0 Å². The van der Waals surface area contributed by atoms with Gasteiger partial charge in [-0.2, -0.15) is 5.26 Å². The van der Waals surface area contributed by atoms with Crippen molar-refractivity contribution in [1.82, 2.24) is 15.3 Å². The van der Waals surface area contributed by atoms with Crippen molar-refractivity contribution < 1.29 is 14.3 Å². The summed E-state index contributed by atoms with van der Waals surface area (Å²) in [5.41, 5.74) is 4.73. The highest BCUT2D eigenvalue weighted by molar-refractivity contribution is 5.96. The Morgan fingerprint density at radius 3 is 2.88 bits per heavy atom. The average Bonchev–Trinajstić information content (AvgIpc) is 3.31. The smallest absolute Gasteiger partial charge is 0.142 e. The highest BCUT2D eigenvalue weighted by Crippen LogP contribution is 2.33. The van der Waals surface area contributed by atoms with Crippen LogP contribution >= 0.6 is 0 Å². The number of aldehydes is 1. The molecule has 0 aliphatic carbocycles. The molecule has 3 heterocycles. The number of nitrogens with zero attached hydrogens (tertiary/aromatic N) is 2. The van der Waals surface area contributed by atoms with E-state index in [1.54, 1.807) is 18.5 Å². The summed E-state index contributed by atoms with van der Waals surface area (Å²) in [5.74, 6) is 0.596. The second kappa shape index (κ2) is 11.1. The molecule has 0 radical (unpaired) electrons. The lowest BCUT2D eigenvalue weighted by atomic mass is 10.0. The molecule has 1 aromatic carbocycles. The first-order valence-corrected chi connectivity index (χ1v) is 11.2. The average molecular weight is 455 g/mol. The van der Waals surface area contributed by atoms with E-state index in [9.17, 15) is 10.1 Å². The summed E-state index contributed by atoms with van der Waals surface area (Å²) in [7, 11) is 1.82. The second-order valence-electron chi connectivity index (χ2n) is 7.82. The quantitative estimate of drug-likeness (QED) is 0.295. The number of pyridine rings is 1. The van der Waals surface area contributed by atoms with Crippen LogP contribution in [-0.4, -0.2) is 42.6 Å². The number of benzene rings is 1. The van der Waals surface area contributed by atoms with Crippen LogP contribution in [0.4, 0.5) is 0 Å². The van der Waals surface area contributed by atoms with Crippen LogP contribution in [0.15, 0.2) is 67.0 Å². The minimum Gasteiger partial charge on any atom is -0.489 e. The zero-order valence-corrected chi connectivity index (χ0v) is 19.0. The molecule has 172 valence electrons. The third-order valence-corrected chi connectivity index (χ3v) is 5.61. The Morgan fingerprint density at radius 2 is 2.12 bits per heavy atom. The van der Waals surface area contributed by atoms with Gasteiger partial charge in [0, 0.05) is 37.2 Å². The number of aromatic amines is 1. The van der Waals surface area contributed by atoms with E-state index in [0.29, 0.717) is 24.5 Å². The first-order chi connectivity index (χ1) is 16.7. The molecule has 34 heavy (non-hydrogen) atoms. The van der Waals surface area contributed by atoms with E-state index in [4.69, 9.17) is 9.47 Å². The number of hydrogen-bond acceptors (Lipinski definition) is 6. The Morgan fingerprint density at radius 1 is 1.26 bits per heavy atom. The number of nitriles is 1. The molecule has 2 aromatic heterocycles. The fraction of sp³-hybridized carbons (Fsp3) is 0.222. The summed E-state index contributed by atoms with van der Waals surface area (Å²) in [6.07, 6.45) is 12.9. The molecule has 2 N–H and O–H groups in total. The molecule has 0 amide bonds. The summed E-state index contributed by atoms with van der Waals surface area (Å²) in [6.45, 7) is 1.36. The predicted molar refractivity (Wildman–Crippen MR) is 132 cm³/mol. The van der Waals surface area contributed by atoms with Gasteiger partial charge in [-0.15, -0.1) is 0 Å². The molecule has 0 saturated carbocycles. The molecular formula is C27H26N4O3. The lowest BCUT2D eigenvalue weighted by Gasteiger charge is -2.23. The van der Waals surface area contributed by atoms with Crippen LogP contribution in [0, 0.1) is 11.3 Å². The highest BCUT2D eigenvalue weighted by Gasteiger charge is 2.18. The van der Waals surface area contributed by atoms with Crippen molar-refractivity contribution in [1.29, 1.82) is 5.26 Å². The van der Waals surface area contributed by atoms with Crippen molar-refractivity contribution in [2.24, 2.45) is 0 Å². The summed E-state index contributed by atoms with van der Waals surface area (Å²) in [5, 5.41) is 13.6. The Hall–Kier alpha value is -4.15. The van der Waals surface area contributed by atoms with E-state index in [0.717, 1.165) is 52.6 Å². The summed E-state index contributed by atoms with van der Waals surface area (Å²) in [4.78, 5) is 18.7. The number of aromatic nitrogens is 2. The van der Waals surface area contributed by atoms with Crippen molar-refractivity contribution >= 4 is 22.9 Å². The first-order valence-electron chi connectivity index (χ1n) is 11.2. The normalized spacial score (nSPS) is 15.1. The number of nitrogens with one attached hydrogen (secondary N) is 2. The summed E-state index contributed by atoms with van der Waals surface area (Å²) < 4.78 is 11.5. The van der Waals surface area contributed by atoms with Crippen LogP contribution < -0.4 is 10.1 Å². The molecule has 1 saturated heterocycles. The van der Waals surface area contributed by atoms with E-state index >= 15 is 0 Å². The van der Waals surface area contributed by atoms with Gasteiger partial charge in [0.25, 0.3) is 0 Å². The molecule has 1 fully saturated rings. The Labute approximate surface area is 198 Å². The Balaban J connectivity index is 1.70. The van der Waals surface area contributed by atoms with Gasteiger partial charge in [-0.05, 0) is 65.4 Å². The van der Waals surface area contributed by atoms with Gasteiger partial charge in [0.1, 0.15) is 29.9 Å². The topological polar surface area (TPSA) is 100 Å². The molecule has 0 atom stereocenters. The molecule has 3 aromatic rings. The van der Waals surface area contributed by atoms with Crippen molar-refractivity contribution in [3.05, 3.63) is 78.3 Å². The molecule has 0 spiro atoms. The summed E-state index contributed by atoms with van der Waals surface area (Å²) >= 11 is 0. The van der Waals surface area contributed by atoms with E-state index in [2.05, 4.69) is 21.4 Å².